The molecule has 0 atom stereocenters. The largest absolute Gasteiger partial charge is 0.478 e. The maximum atomic E-state index is 11.5. The molecule has 0 aliphatic rings. The van der Waals surface area contributed by atoms with Crippen LogP contribution in [0.4, 0.5) is 0 Å². The number of carbonyl (C=O) groups excluding carboxylic acids is 1. The van der Waals surface area contributed by atoms with Crippen molar-refractivity contribution in [3.8, 4) is 0 Å². The van der Waals surface area contributed by atoms with Crippen LogP contribution in [0.15, 0.2) is 36.4 Å². The highest BCUT2D eigenvalue weighted by Gasteiger charge is 2.16. The Morgan fingerprint density at radius 3 is 2.06 bits per heavy atom. The number of nitrogens with two attached hydrogens (primary N) is 1. The van der Waals surface area contributed by atoms with Gasteiger partial charge in [0.05, 0.1) is 11.1 Å². The topological polar surface area (TPSA) is 92.4 Å². The molecule has 2 aromatic rings. The molecular weight excluding hydrogens is 220 g/mol. The number of hydrogen-bond acceptors (Lipinski definition) is 3. The van der Waals surface area contributed by atoms with E-state index in [-0.39, 0.29) is 11.1 Å². The van der Waals surface area contributed by atoms with Crippen LogP contribution < -0.4 is 11.3 Å². The highest BCUT2D eigenvalue weighted by atomic mass is 16.4. The van der Waals surface area contributed by atoms with Crippen molar-refractivity contribution in [1.82, 2.24) is 5.43 Å². The molecule has 0 aliphatic heterocycles. The van der Waals surface area contributed by atoms with Gasteiger partial charge in [0.25, 0.3) is 5.91 Å². The lowest BCUT2D eigenvalue weighted by atomic mass is 10.0. The summed E-state index contributed by atoms with van der Waals surface area (Å²) in [7, 11) is 0. The molecule has 1 amide bonds. The number of carboxylic acid groups (broad SMARTS) is 1. The Kier molecular flexibility index (Phi) is 2.76. The van der Waals surface area contributed by atoms with Crippen LogP contribution in [0.2, 0.25) is 0 Å². The Morgan fingerprint density at radius 2 is 1.59 bits per heavy atom. The number of fused-ring (bicyclic) bond motifs is 1. The summed E-state index contributed by atoms with van der Waals surface area (Å²) >= 11 is 0. The van der Waals surface area contributed by atoms with Crippen molar-refractivity contribution in [2.24, 2.45) is 5.84 Å². The van der Waals surface area contributed by atoms with E-state index in [9.17, 15) is 9.59 Å². The third-order valence-electron chi connectivity index (χ3n) is 2.49. The second-order valence-electron chi connectivity index (χ2n) is 3.52. The van der Waals surface area contributed by atoms with Gasteiger partial charge in [-0.3, -0.25) is 10.2 Å². The summed E-state index contributed by atoms with van der Waals surface area (Å²) in [6.45, 7) is 0. The summed E-state index contributed by atoms with van der Waals surface area (Å²) < 4.78 is 0. The van der Waals surface area contributed by atoms with Gasteiger partial charge < -0.3 is 5.11 Å². The molecule has 0 spiro atoms. The molecule has 0 radical (unpaired) electrons. The first-order valence-corrected chi connectivity index (χ1v) is 4.90. The van der Waals surface area contributed by atoms with Crippen molar-refractivity contribution in [3.05, 3.63) is 47.5 Å². The SMILES string of the molecule is NNC(=O)c1cc2ccccc2cc1C(=O)O. The Labute approximate surface area is 96.8 Å². The number of hydrogen-bond donors (Lipinski definition) is 3. The van der Waals surface area contributed by atoms with Crippen LogP contribution in [0.1, 0.15) is 20.7 Å². The van der Waals surface area contributed by atoms with Gasteiger partial charge in [-0.1, -0.05) is 24.3 Å². The molecule has 4 N–H and O–H groups in total. The lowest BCUT2D eigenvalue weighted by Crippen LogP contribution is -2.31. The number of amides is 1. The summed E-state index contributed by atoms with van der Waals surface area (Å²) in [5.74, 6) is 3.25. The van der Waals surface area contributed by atoms with Gasteiger partial charge in [0.15, 0.2) is 0 Å². The minimum atomic E-state index is -1.16. The lowest BCUT2D eigenvalue weighted by Gasteiger charge is -2.06. The van der Waals surface area contributed by atoms with Crippen molar-refractivity contribution < 1.29 is 14.7 Å². The predicted octanol–water partition coefficient (Wildman–Crippen LogP) is 1.14. The van der Waals surface area contributed by atoms with Crippen LogP contribution in [-0.4, -0.2) is 17.0 Å². The fraction of sp³-hybridized carbons (Fsp3) is 0. The molecule has 0 saturated carbocycles. The number of aromatic carboxylic acids is 1. The van der Waals surface area contributed by atoms with Crippen molar-refractivity contribution in [1.29, 1.82) is 0 Å². The summed E-state index contributed by atoms with van der Waals surface area (Å²) in [4.78, 5) is 22.5. The number of carbonyl (C=O) groups is 2. The van der Waals surface area contributed by atoms with Gasteiger partial charge in [-0.15, -0.1) is 0 Å². The second-order valence-corrected chi connectivity index (χ2v) is 3.52. The first kappa shape index (κ1) is 11.1. The van der Waals surface area contributed by atoms with E-state index in [2.05, 4.69) is 0 Å². The maximum Gasteiger partial charge on any atom is 0.336 e. The van der Waals surface area contributed by atoms with Gasteiger partial charge in [-0.25, -0.2) is 10.6 Å². The first-order chi connectivity index (χ1) is 8.13. The molecule has 0 aromatic heterocycles. The molecule has 0 unspecified atom stereocenters. The van der Waals surface area contributed by atoms with Gasteiger partial charge in [-0.05, 0) is 22.9 Å². The summed E-state index contributed by atoms with van der Waals surface area (Å²) in [5, 5.41) is 10.6. The van der Waals surface area contributed by atoms with E-state index in [0.717, 1.165) is 10.8 Å². The third kappa shape index (κ3) is 1.95. The van der Waals surface area contributed by atoms with Gasteiger partial charge in [-0.2, -0.15) is 0 Å². The van der Waals surface area contributed by atoms with Gasteiger partial charge in [0.1, 0.15) is 0 Å². The normalized spacial score (nSPS) is 10.2. The number of carboxylic acids is 1. The Morgan fingerprint density at radius 1 is 1.06 bits per heavy atom. The fourth-order valence-electron chi connectivity index (χ4n) is 1.68. The molecule has 2 rings (SSSR count). The zero-order chi connectivity index (χ0) is 12.4. The van der Waals surface area contributed by atoms with Crippen LogP contribution in [0.3, 0.4) is 0 Å². The molecule has 5 heteroatoms. The molecular formula is C12H10N2O3. The zero-order valence-corrected chi connectivity index (χ0v) is 8.81. The molecule has 0 aliphatic carbocycles. The number of nitrogens with one attached hydrogen (secondary N) is 1. The van der Waals surface area contributed by atoms with Crippen molar-refractivity contribution in [3.63, 3.8) is 0 Å². The minimum Gasteiger partial charge on any atom is -0.478 e. The van der Waals surface area contributed by atoms with E-state index in [0.29, 0.717) is 0 Å². The number of rotatable bonds is 2. The average molecular weight is 230 g/mol. The number of benzene rings is 2. The second kappa shape index (κ2) is 4.23. The lowest BCUT2D eigenvalue weighted by molar-refractivity contribution is 0.0691. The molecule has 2 aromatic carbocycles. The van der Waals surface area contributed by atoms with Gasteiger partial charge in [0, 0.05) is 0 Å². The van der Waals surface area contributed by atoms with Crippen molar-refractivity contribution in [2.45, 2.75) is 0 Å². The molecule has 0 bridgehead atoms. The molecule has 0 heterocycles. The van der Waals surface area contributed by atoms with Crippen LogP contribution >= 0.6 is 0 Å². The zero-order valence-electron chi connectivity index (χ0n) is 8.81. The van der Waals surface area contributed by atoms with E-state index in [1.807, 2.05) is 11.5 Å². The van der Waals surface area contributed by atoms with E-state index < -0.39 is 11.9 Å². The highest BCUT2D eigenvalue weighted by molar-refractivity contribution is 6.08. The highest BCUT2D eigenvalue weighted by Crippen LogP contribution is 2.20. The van der Waals surface area contributed by atoms with Crippen LogP contribution in [-0.2, 0) is 0 Å². The Bertz CT molecular complexity index is 608. The van der Waals surface area contributed by atoms with Crippen LogP contribution in [0, 0.1) is 0 Å². The fourth-order valence-corrected chi connectivity index (χ4v) is 1.68. The molecule has 17 heavy (non-hydrogen) atoms. The summed E-state index contributed by atoms with van der Waals surface area (Å²) in [6.07, 6.45) is 0. The molecule has 0 fully saturated rings. The van der Waals surface area contributed by atoms with Gasteiger partial charge >= 0.3 is 5.97 Å². The summed E-state index contributed by atoms with van der Waals surface area (Å²) in [6, 6.07) is 10.2. The Balaban J connectivity index is 2.75. The van der Waals surface area contributed by atoms with E-state index in [1.54, 1.807) is 18.2 Å². The van der Waals surface area contributed by atoms with Crippen LogP contribution in [0.25, 0.3) is 10.8 Å². The van der Waals surface area contributed by atoms with Crippen LogP contribution in [0.5, 0.6) is 0 Å². The standard InChI is InChI=1S/C12H10N2O3/c13-14-11(15)9-5-7-3-1-2-4-8(7)6-10(9)12(16)17/h1-6H,13H2,(H,14,15)(H,16,17). The van der Waals surface area contributed by atoms with E-state index in [1.165, 1.54) is 12.1 Å². The third-order valence-corrected chi connectivity index (χ3v) is 2.49. The minimum absolute atomic E-state index is 0.0544. The average Bonchev–Trinajstić information content (AvgIpc) is 2.36. The molecule has 0 saturated heterocycles. The Hall–Kier alpha value is -2.40. The van der Waals surface area contributed by atoms with Crippen molar-refractivity contribution in [2.75, 3.05) is 0 Å². The predicted molar refractivity (Wildman–Crippen MR) is 62.6 cm³/mol. The monoisotopic (exact) mass is 230 g/mol. The van der Waals surface area contributed by atoms with E-state index in [4.69, 9.17) is 10.9 Å². The summed E-state index contributed by atoms with van der Waals surface area (Å²) in [5.41, 5.74) is 1.93. The van der Waals surface area contributed by atoms with Gasteiger partial charge in [0.2, 0.25) is 0 Å². The molecule has 5 nitrogen and oxygen atoms in total. The van der Waals surface area contributed by atoms with E-state index >= 15 is 0 Å². The quantitative estimate of drug-likeness (QED) is 0.410. The maximum absolute atomic E-state index is 11.5. The number of nitrogen functional groups attached to an aromatic ring is 1. The first-order valence-electron chi connectivity index (χ1n) is 4.90. The number of hydrazine groups is 1. The van der Waals surface area contributed by atoms with Crippen molar-refractivity contribution >= 4 is 22.6 Å². The smallest absolute Gasteiger partial charge is 0.336 e. The molecule has 86 valence electrons.